The third-order valence-electron chi connectivity index (χ3n) is 3.31. The van der Waals surface area contributed by atoms with Crippen LogP contribution in [0.25, 0.3) is 0 Å². The predicted octanol–water partition coefficient (Wildman–Crippen LogP) is -0.748. The fourth-order valence-corrected chi connectivity index (χ4v) is 2.05. The fourth-order valence-electron chi connectivity index (χ4n) is 2.05. The molecule has 0 spiro atoms. The number of piperazine rings is 1. The lowest BCUT2D eigenvalue weighted by Crippen LogP contribution is -2.53. The molecule has 0 aromatic heterocycles. The number of rotatable bonds is 5. The first kappa shape index (κ1) is 15.9. The second-order valence-corrected chi connectivity index (χ2v) is 5.36. The van der Waals surface area contributed by atoms with Crippen LogP contribution in [0.15, 0.2) is 0 Å². The summed E-state index contributed by atoms with van der Waals surface area (Å²) < 4.78 is 0. The molecule has 1 heterocycles. The van der Waals surface area contributed by atoms with Gasteiger partial charge in [0.15, 0.2) is 0 Å². The summed E-state index contributed by atoms with van der Waals surface area (Å²) in [6, 6.07) is 0. The lowest BCUT2D eigenvalue weighted by Gasteiger charge is -2.34. The first-order valence-electron chi connectivity index (χ1n) is 7.04. The summed E-state index contributed by atoms with van der Waals surface area (Å²) in [5.41, 5.74) is 5.49. The highest BCUT2D eigenvalue weighted by atomic mass is 16.2. The molecule has 110 valence electrons. The van der Waals surface area contributed by atoms with Crippen LogP contribution in [0.1, 0.15) is 20.3 Å². The minimum Gasteiger partial charge on any atom is -0.348 e. The van der Waals surface area contributed by atoms with Crippen molar-refractivity contribution in [2.24, 2.45) is 11.7 Å². The van der Waals surface area contributed by atoms with Gasteiger partial charge in [-0.05, 0) is 12.3 Å². The second-order valence-electron chi connectivity index (χ2n) is 5.36. The summed E-state index contributed by atoms with van der Waals surface area (Å²) in [6.45, 7) is 9.02. The van der Waals surface area contributed by atoms with Crippen molar-refractivity contribution in [3.05, 3.63) is 0 Å². The van der Waals surface area contributed by atoms with E-state index < -0.39 is 11.8 Å². The van der Waals surface area contributed by atoms with Gasteiger partial charge in [0.05, 0.1) is 0 Å². The summed E-state index contributed by atoms with van der Waals surface area (Å²) in [5.74, 6) is -0.362. The largest absolute Gasteiger partial charge is 0.348 e. The number of hydrogen-bond donors (Lipinski definition) is 2. The molecule has 0 unspecified atom stereocenters. The smallest absolute Gasteiger partial charge is 0.311 e. The molecule has 0 aromatic rings. The molecular formula is C13H26N4O2. The van der Waals surface area contributed by atoms with Crippen LogP contribution in [0, 0.1) is 5.92 Å². The van der Waals surface area contributed by atoms with Gasteiger partial charge in [0, 0.05) is 45.8 Å². The quantitative estimate of drug-likeness (QED) is 0.645. The first-order chi connectivity index (χ1) is 9.04. The maximum atomic E-state index is 11.9. The van der Waals surface area contributed by atoms with Gasteiger partial charge >= 0.3 is 11.8 Å². The third-order valence-corrected chi connectivity index (χ3v) is 3.31. The zero-order valence-corrected chi connectivity index (χ0v) is 12.0. The summed E-state index contributed by atoms with van der Waals surface area (Å²) >= 11 is 0. The first-order valence-corrected chi connectivity index (χ1v) is 7.04. The van der Waals surface area contributed by atoms with Gasteiger partial charge < -0.3 is 16.0 Å². The number of amides is 2. The summed E-state index contributed by atoms with van der Waals surface area (Å²) in [4.78, 5) is 27.4. The summed E-state index contributed by atoms with van der Waals surface area (Å²) in [6.07, 6.45) is 0.892. The highest BCUT2D eigenvalue weighted by Crippen LogP contribution is 2.02. The van der Waals surface area contributed by atoms with E-state index in [1.807, 2.05) is 0 Å². The molecule has 2 amide bonds. The predicted molar refractivity (Wildman–Crippen MR) is 74.5 cm³/mol. The molecule has 0 aromatic carbocycles. The van der Waals surface area contributed by atoms with Crippen molar-refractivity contribution in [3.8, 4) is 0 Å². The van der Waals surface area contributed by atoms with Crippen LogP contribution in [0.4, 0.5) is 0 Å². The van der Waals surface area contributed by atoms with Crippen molar-refractivity contribution in [2.45, 2.75) is 20.3 Å². The lowest BCUT2D eigenvalue weighted by molar-refractivity contribution is -0.147. The molecule has 6 nitrogen and oxygen atoms in total. The SMILES string of the molecule is CC(C)CCNC(=O)C(=O)N1CCN(CCN)CC1. The number of carbonyl (C=O) groups excluding carboxylic acids is 2. The molecule has 0 aliphatic carbocycles. The maximum Gasteiger partial charge on any atom is 0.311 e. The van der Waals surface area contributed by atoms with Gasteiger partial charge in [0.2, 0.25) is 0 Å². The lowest BCUT2D eigenvalue weighted by atomic mass is 10.1. The normalized spacial score (nSPS) is 16.7. The number of carbonyl (C=O) groups is 2. The molecule has 1 aliphatic rings. The maximum absolute atomic E-state index is 11.9. The van der Waals surface area contributed by atoms with Crippen molar-refractivity contribution < 1.29 is 9.59 Å². The molecule has 6 heteroatoms. The highest BCUT2D eigenvalue weighted by molar-refractivity contribution is 6.35. The fraction of sp³-hybridized carbons (Fsp3) is 0.846. The average molecular weight is 270 g/mol. The molecule has 1 fully saturated rings. The molecule has 1 aliphatic heterocycles. The highest BCUT2D eigenvalue weighted by Gasteiger charge is 2.25. The van der Waals surface area contributed by atoms with Crippen LogP contribution >= 0.6 is 0 Å². The molecule has 1 rings (SSSR count). The topological polar surface area (TPSA) is 78.7 Å². The standard InChI is InChI=1S/C13H26N4O2/c1-11(2)3-5-15-12(18)13(19)17-9-7-16(6-4-14)8-10-17/h11H,3-10,14H2,1-2H3,(H,15,18). The van der Waals surface area contributed by atoms with E-state index in [0.717, 1.165) is 26.1 Å². The van der Waals surface area contributed by atoms with E-state index in [2.05, 4.69) is 24.1 Å². The molecule has 0 saturated carbocycles. The Morgan fingerprint density at radius 3 is 2.37 bits per heavy atom. The Labute approximate surface area is 115 Å². The second kappa shape index (κ2) is 8.12. The minimum atomic E-state index is -0.479. The van der Waals surface area contributed by atoms with Crippen molar-refractivity contribution in [3.63, 3.8) is 0 Å². The van der Waals surface area contributed by atoms with E-state index in [1.165, 1.54) is 0 Å². The summed E-state index contributed by atoms with van der Waals surface area (Å²) in [5, 5.41) is 2.68. The molecule has 1 saturated heterocycles. The molecule has 19 heavy (non-hydrogen) atoms. The van der Waals surface area contributed by atoms with E-state index >= 15 is 0 Å². The van der Waals surface area contributed by atoms with Crippen molar-refractivity contribution in [2.75, 3.05) is 45.8 Å². The van der Waals surface area contributed by atoms with Crippen LogP contribution in [0.3, 0.4) is 0 Å². The van der Waals surface area contributed by atoms with Gasteiger partial charge in [-0.3, -0.25) is 14.5 Å². The van der Waals surface area contributed by atoms with E-state index in [1.54, 1.807) is 4.90 Å². The number of nitrogens with two attached hydrogens (primary N) is 1. The van der Waals surface area contributed by atoms with Gasteiger partial charge in [-0.15, -0.1) is 0 Å². The van der Waals surface area contributed by atoms with E-state index in [9.17, 15) is 9.59 Å². The number of nitrogens with zero attached hydrogens (tertiary/aromatic N) is 2. The molecule has 0 atom stereocenters. The Balaban J connectivity index is 2.28. The van der Waals surface area contributed by atoms with Crippen molar-refractivity contribution in [1.82, 2.24) is 15.1 Å². The van der Waals surface area contributed by atoms with Crippen LogP contribution in [-0.4, -0.2) is 67.4 Å². The van der Waals surface area contributed by atoms with E-state index in [0.29, 0.717) is 32.1 Å². The van der Waals surface area contributed by atoms with Crippen LogP contribution in [-0.2, 0) is 9.59 Å². The monoisotopic (exact) mass is 270 g/mol. The van der Waals surface area contributed by atoms with Gasteiger partial charge in [-0.2, -0.15) is 0 Å². The number of hydrogen-bond acceptors (Lipinski definition) is 4. The van der Waals surface area contributed by atoms with Crippen LogP contribution in [0.2, 0.25) is 0 Å². The number of nitrogens with one attached hydrogen (secondary N) is 1. The van der Waals surface area contributed by atoms with Gasteiger partial charge in [-0.25, -0.2) is 0 Å². The summed E-state index contributed by atoms with van der Waals surface area (Å²) in [7, 11) is 0. The van der Waals surface area contributed by atoms with Gasteiger partial charge in [-0.1, -0.05) is 13.8 Å². The molecule has 3 N–H and O–H groups in total. The Bertz CT molecular complexity index is 299. The van der Waals surface area contributed by atoms with Gasteiger partial charge in [0.25, 0.3) is 0 Å². The van der Waals surface area contributed by atoms with E-state index in [-0.39, 0.29) is 0 Å². The minimum absolute atomic E-state index is 0.406. The Morgan fingerprint density at radius 1 is 1.21 bits per heavy atom. The Morgan fingerprint density at radius 2 is 1.84 bits per heavy atom. The van der Waals surface area contributed by atoms with Crippen LogP contribution < -0.4 is 11.1 Å². The Hall–Kier alpha value is -1.14. The third kappa shape index (κ3) is 5.57. The molecule has 0 radical (unpaired) electrons. The van der Waals surface area contributed by atoms with E-state index in [4.69, 9.17) is 5.73 Å². The average Bonchev–Trinajstić information content (AvgIpc) is 2.38. The Kier molecular flexibility index (Phi) is 6.80. The molecule has 0 bridgehead atoms. The van der Waals surface area contributed by atoms with Crippen LogP contribution in [0.5, 0.6) is 0 Å². The zero-order valence-electron chi connectivity index (χ0n) is 12.0. The molecular weight excluding hydrogens is 244 g/mol. The van der Waals surface area contributed by atoms with Crippen molar-refractivity contribution in [1.29, 1.82) is 0 Å². The van der Waals surface area contributed by atoms with Gasteiger partial charge in [0.1, 0.15) is 0 Å². The zero-order chi connectivity index (χ0) is 14.3. The van der Waals surface area contributed by atoms with Crippen molar-refractivity contribution >= 4 is 11.8 Å².